The van der Waals surface area contributed by atoms with Crippen molar-refractivity contribution in [3.63, 3.8) is 0 Å². The van der Waals surface area contributed by atoms with Crippen molar-refractivity contribution < 1.29 is 9.59 Å². The number of benzene rings is 2. The Balaban J connectivity index is 1.31. The standard InChI is InChI=1S/C24H29N3O2/c28-23(27-16-6-8-18-7-4-5-11-22(18)27)17-25-20-14-12-19(13-15-20)24(29)26-21-9-2-1-3-10-21/h4-5,7,11-15,21,25H,1-3,6,8-10,16-17H2,(H,26,29). The first-order valence-corrected chi connectivity index (χ1v) is 10.7. The van der Waals surface area contributed by atoms with Crippen molar-refractivity contribution in [2.45, 2.75) is 51.0 Å². The van der Waals surface area contributed by atoms with Gasteiger partial charge in [-0.25, -0.2) is 0 Å². The van der Waals surface area contributed by atoms with Crippen LogP contribution in [0.2, 0.25) is 0 Å². The van der Waals surface area contributed by atoms with Crippen molar-refractivity contribution in [3.05, 3.63) is 59.7 Å². The van der Waals surface area contributed by atoms with Crippen LogP contribution in [0.3, 0.4) is 0 Å². The number of hydrogen-bond acceptors (Lipinski definition) is 3. The lowest BCUT2D eigenvalue weighted by Crippen LogP contribution is -2.39. The van der Waals surface area contributed by atoms with E-state index in [0.717, 1.165) is 43.6 Å². The molecule has 0 saturated heterocycles. The summed E-state index contributed by atoms with van der Waals surface area (Å²) >= 11 is 0. The Kier molecular flexibility index (Phi) is 6.13. The highest BCUT2D eigenvalue weighted by Gasteiger charge is 2.22. The normalized spacial score (nSPS) is 16.8. The predicted octanol–water partition coefficient (Wildman–Crippen LogP) is 4.14. The molecule has 2 aliphatic rings. The van der Waals surface area contributed by atoms with E-state index in [-0.39, 0.29) is 18.4 Å². The summed E-state index contributed by atoms with van der Waals surface area (Å²) < 4.78 is 0. The van der Waals surface area contributed by atoms with Gasteiger partial charge in [0.25, 0.3) is 5.91 Å². The van der Waals surface area contributed by atoms with Crippen LogP contribution in [0.1, 0.15) is 54.4 Å². The summed E-state index contributed by atoms with van der Waals surface area (Å²) in [7, 11) is 0. The van der Waals surface area contributed by atoms with E-state index in [2.05, 4.69) is 16.7 Å². The van der Waals surface area contributed by atoms with Gasteiger partial charge in [0.1, 0.15) is 0 Å². The number of carbonyl (C=O) groups excluding carboxylic acids is 2. The molecule has 1 saturated carbocycles. The van der Waals surface area contributed by atoms with E-state index in [0.29, 0.717) is 11.6 Å². The van der Waals surface area contributed by atoms with Crippen molar-refractivity contribution in [2.75, 3.05) is 23.3 Å². The lowest BCUT2D eigenvalue weighted by molar-refractivity contribution is -0.117. The average Bonchev–Trinajstić information content (AvgIpc) is 2.78. The molecule has 1 aliphatic heterocycles. The fourth-order valence-electron chi connectivity index (χ4n) is 4.32. The predicted molar refractivity (Wildman–Crippen MR) is 116 cm³/mol. The smallest absolute Gasteiger partial charge is 0.251 e. The molecule has 2 N–H and O–H groups in total. The third kappa shape index (κ3) is 4.78. The molecule has 0 bridgehead atoms. The van der Waals surface area contributed by atoms with Gasteiger partial charge in [-0.2, -0.15) is 0 Å². The molecule has 5 heteroatoms. The molecule has 0 spiro atoms. The van der Waals surface area contributed by atoms with Gasteiger partial charge in [-0.3, -0.25) is 9.59 Å². The summed E-state index contributed by atoms with van der Waals surface area (Å²) in [4.78, 5) is 27.0. The van der Waals surface area contributed by atoms with Gasteiger partial charge < -0.3 is 15.5 Å². The molecule has 2 aromatic carbocycles. The fourth-order valence-corrected chi connectivity index (χ4v) is 4.32. The number of anilines is 2. The van der Waals surface area contributed by atoms with Crippen molar-refractivity contribution in [2.24, 2.45) is 0 Å². The first-order valence-electron chi connectivity index (χ1n) is 10.7. The maximum atomic E-state index is 12.7. The van der Waals surface area contributed by atoms with E-state index in [1.54, 1.807) is 0 Å². The van der Waals surface area contributed by atoms with Crippen LogP contribution in [0.4, 0.5) is 11.4 Å². The van der Waals surface area contributed by atoms with E-state index >= 15 is 0 Å². The van der Waals surface area contributed by atoms with Crippen LogP contribution in [0.25, 0.3) is 0 Å². The lowest BCUT2D eigenvalue weighted by atomic mass is 9.95. The lowest BCUT2D eigenvalue weighted by Gasteiger charge is -2.29. The number of carbonyl (C=O) groups is 2. The zero-order valence-corrected chi connectivity index (χ0v) is 16.8. The molecular formula is C24H29N3O2. The number of rotatable bonds is 5. The molecule has 0 unspecified atom stereocenters. The van der Waals surface area contributed by atoms with E-state index in [1.165, 1.54) is 24.8 Å². The van der Waals surface area contributed by atoms with Gasteiger partial charge in [0.2, 0.25) is 5.91 Å². The second kappa shape index (κ2) is 9.12. The highest BCUT2D eigenvalue weighted by atomic mass is 16.2. The number of amides is 2. The zero-order chi connectivity index (χ0) is 20.1. The molecule has 2 amide bonds. The molecule has 2 aromatic rings. The van der Waals surface area contributed by atoms with Gasteiger partial charge in [-0.15, -0.1) is 0 Å². The molecule has 1 fully saturated rings. The number of aryl methyl sites for hydroxylation is 1. The minimum Gasteiger partial charge on any atom is -0.376 e. The number of para-hydroxylation sites is 1. The Morgan fingerprint density at radius 3 is 2.48 bits per heavy atom. The van der Waals surface area contributed by atoms with Crippen LogP contribution >= 0.6 is 0 Å². The van der Waals surface area contributed by atoms with Crippen molar-refractivity contribution in [1.29, 1.82) is 0 Å². The van der Waals surface area contributed by atoms with Crippen LogP contribution in [0, 0.1) is 0 Å². The summed E-state index contributed by atoms with van der Waals surface area (Å²) in [5.41, 5.74) is 3.77. The van der Waals surface area contributed by atoms with Gasteiger partial charge >= 0.3 is 0 Å². The fraction of sp³-hybridized carbons (Fsp3) is 0.417. The van der Waals surface area contributed by atoms with E-state index in [9.17, 15) is 9.59 Å². The first kappa shape index (κ1) is 19.5. The third-order valence-corrected chi connectivity index (χ3v) is 5.94. The SMILES string of the molecule is O=C(NC1CCCCC1)c1ccc(NCC(=O)N2CCCc3ccccc32)cc1. The van der Waals surface area contributed by atoms with Crippen LogP contribution < -0.4 is 15.5 Å². The maximum absolute atomic E-state index is 12.7. The molecule has 29 heavy (non-hydrogen) atoms. The zero-order valence-electron chi connectivity index (χ0n) is 16.8. The summed E-state index contributed by atoms with van der Waals surface area (Å²) in [5, 5.41) is 6.33. The summed E-state index contributed by atoms with van der Waals surface area (Å²) in [5.74, 6) is 0.0562. The number of nitrogens with one attached hydrogen (secondary N) is 2. The molecular weight excluding hydrogens is 362 g/mol. The molecule has 0 aromatic heterocycles. The van der Waals surface area contributed by atoms with Gasteiger partial charge in [0.05, 0.1) is 6.54 Å². The number of nitrogens with zero attached hydrogens (tertiary/aromatic N) is 1. The second-order valence-electron chi connectivity index (χ2n) is 8.02. The minimum atomic E-state index is -0.00977. The Hall–Kier alpha value is -2.82. The van der Waals surface area contributed by atoms with Crippen molar-refractivity contribution in [1.82, 2.24) is 5.32 Å². The maximum Gasteiger partial charge on any atom is 0.251 e. The Morgan fingerprint density at radius 1 is 0.931 bits per heavy atom. The van der Waals surface area contributed by atoms with Crippen LogP contribution in [0.15, 0.2) is 48.5 Å². The molecule has 152 valence electrons. The molecule has 4 rings (SSSR count). The molecule has 1 heterocycles. The second-order valence-corrected chi connectivity index (χ2v) is 8.02. The van der Waals surface area contributed by atoms with Gasteiger partial charge in [-0.05, 0) is 61.6 Å². The van der Waals surface area contributed by atoms with E-state index in [4.69, 9.17) is 0 Å². The monoisotopic (exact) mass is 391 g/mol. The summed E-state index contributed by atoms with van der Waals surface area (Å²) in [6, 6.07) is 15.8. The van der Waals surface area contributed by atoms with Crippen LogP contribution in [0.5, 0.6) is 0 Å². The topological polar surface area (TPSA) is 61.4 Å². The Morgan fingerprint density at radius 2 is 1.69 bits per heavy atom. The average molecular weight is 392 g/mol. The summed E-state index contributed by atoms with van der Waals surface area (Å²) in [6.45, 7) is 1.000. The Bertz CT molecular complexity index is 857. The van der Waals surface area contributed by atoms with E-state index < -0.39 is 0 Å². The first-order chi connectivity index (χ1) is 14.2. The van der Waals surface area contributed by atoms with Crippen molar-refractivity contribution in [3.8, 4) is 0 Å². The van der Waals surface area contributed by atoms with Crippen LogP contribution in [-0.4, -0.2) is 30.9 Å². The Labute approximate surface area is 172 Å². The summed E-state index contributed by atoms with van der Waals surface area (Å²) in [6.07, 6.45) is 7.84. The van der Waals surface area contributed by atoms with Crippen molar-refractivity contribution >= 4 is 23.2 Å². The third-order valence-electron chi connectivity index (χ3n) is 5.94. The minimum absolute atomic E-state index is 0.00977. The highest BCUT2D eigenvalue weighted by Crippen LogP contribution is 2.26. The largest absolute Gasteiger partial charge is 0.376 e. The number of hydrogen-bond donors (Lipinski definition) is 2. The van der Waals surface area contributed by atoms with Gasteiger partial charge in [0.15, 0.2) is 0 Å². The molecule has 1 aliphatic carbocycles. The molecule has 0 atom stereocenters. The van der Waals surface area contributed by atoms with E-state index in [1.807, 2.05) is 47.4 Å². The quantitative estimate of drug-likeness (QED) is 0.805. The highest BCUT2D eigenvalue weighted by molar-refractivity contribution is 5.97. The van der Waals surface area contributed by atoms with Crippen LogP contribution in [-0.2, 0) is 11.2 Å². The van der Waals surface area contributed by atoms with Gasteiger partial charge in [0, 0.05) is 29.5 Å². The van der Waals surface area contributed by atoms with Gasteiger partial charge in [-0.1, -0.05) is 37.5 Å². The number of fused-ring (bicyclic) bond motifs is 1. The molecule has 5 nitrogen and oxygen atoms in total. The molecule has 0 radical (unpaired) electrons.